The summed E-state index contributed by atoms with van der Waals surface area (Å²) in [5, 5.41) is 2.91. The van der Waals surface area contributed by atoms with E-state index in [4.69, 9.17) is 10.5 Å². The molecule has 1 aliphatic heterocycles. The van der Waals surface area contributed by atoms with E-state index in [9.17, 15) is 9.59 Å². The number of nitrogens with zero attached hydrogens (tertiary/aromatic N) is 1. The molecule has 1 aliphatic rings. The summed E-state index contributed by atoms with van der Waals surface area (Å²) in [6.45, 7) is 5.26. The standard InChI is InChI=1S/C14H27N3O3/c1-4-14(15,5-2)13(19)17-8-6-11(7-9-17)16-12(18)10-20-3/h11H,4-10,15H2,1-3H3,(H,16,18). The van der Waals surface area contributed by atoms with E-state index in [0.717, 1.165) is 12.8 Å². The molecule has 0 bridgehead atoms. The molecular formula is C14H27N3O3. The van der Waals surface area contributed by atoms with Crippen molar-refractivity contribution in [1.29, 1.82) is 0 Å². The van der Waals surface area contributed by atoms with Crippen LogP contribution < -0.4 is 11.1 Å². The Hall–Kier alpha value is -1.14. The Balaban J connectivity index is 2.46. The zero-order valence-electron chi connectivity index (χ0n) is 12.8. The lowest BCUT2D eigenvalue weighted by molar-refractivity contribution is -0.138. The van der Waals surface area contributed by atoms with Crippen LogP contribution in [0.2, 0.25) is 0 Å². The highest BCUT2D eigenvalue weighted by molar-refractivity contribution is 5.86. The Morgan fingerprint density at radius 3 is 2.30 bits per heavy atom. The van der Waals surface area contributed by atoms with E-state index in [2.05, 4.69) is 5.32 Å². The summed E-state index contributed by atoms with van der Waals surface area (Å²) < 4.78 is 4.79. The predicted octanol–water partition coefficient (Wildman–Crippen LogP) is 0.258. The average molecular weight is 285 g/mol. The van der Waals surface area contributed by atoms with Crippen LogP contribution in [-0.2, 0) is 14.3 Å². The van der Waals surface area contributed by atoms with Crippen molar-refractivity contribution >= 4 is 11.8 Å². The Labute approximate surface area is 121 Å². The van der Waals surface area contributed by atoms with E-state index in [-0.39, 0.29) is 24.5 Å². The molecule has 0 atom stereocenters. The van der Waals surface area contributed by atoms with Gasteiger partial charge >= 0.3 is 0 Å². The molecule has 20 heavy (non-hydrogen) atoms. The molecular weight excluding hydrogens is 258 g/mol. The first-order valence-electron chi connectivity index (χ1n) is 7.33. The van der Waals surface area contributed by atoms with E-state index < -0.39 is 5.54 Å². The van der Waals surface area contributed by atoms with Crippen LogP contribution >= 0.6 is 0 Å². The maximum atomic E-state index is 12.4. The fourth-order valence-electron chi connectivity index (χ4n) is 2.49. The summed E-state index contributed by atoms with van der Waals surface area (Å²) >= 11 is 0. The first-order chi connectivity index (χ1) is 9.46. The molecule has 0 aromatic carbocycles. The van der Waals surface area contributed by atoms with Crippen molar-refractivity contribution < 1.29 is 14.3 Å². The van der Waals surface area contributed by atoms with Crippen molar-refractivity contribution in [2.75, 3.05) is 26.8 Å². The first-order valence-corrected chi connectivity index (χ1v) is 7.33. The highest BCUT2D eigenvalue weighted by Gasteiger charge is 2.35. The van der Waals surface area contributed by atoms with Crippen molar-refractivity contribution in [3.63, 3.8) is 0 Å². The van der Waals surface area contributed by atoms with E-state index in [0.29, 0.717) is 25.9 Å². The minimum absolute atomic E-state index is 0.0316. The summed E-state index contributed by atoms with van der Waals surface area (Å²) in [4.78, 5) is 25.7. The highest BCUT2D eigenvalue weighted by Crippen LogP contribution is 2.19. The third-order valence-corrected chi connectivity index (χ3v) is 4.11. The summed E-state index contributed by atoms with van der Waals surface area (Å²) in [5.74, 6) is -0.0725. The van der Waals surface area contributed by atoms with E-state index >= 15 is 0 Å². The molecule has 0 saturated carbocycles. The van der Waals surface area contributed by atoms with E-state index in [1.54, 1.807) is 0 Å². The van der Waals surface area contributed by atoms with Crippen LogP contribution in [0.25, 0.3) is 0 Å². The molecule has 2 amide bonds. The zero-order chi connectivity index (χ0) is 15.2. The molecule has 3 N–H and O–H groups in total. The van der Waals surface area contributed by atoms with Crippen LogP contribution in [0, 0.1) is 0 Å². The Kier molecular flexibility index (Phi) is 6.42. The van der Waals surface area contributed by atoms with Gasteiger partial charge in [-0.25, -0.2) is 0 Å². The van der Waals surface area contributed by atoms with Crippen LogP contribution in [0.4, 0.5) is 0 Å². The highest BCUT2D eigenvalue weighted by atomic mass is 16.5. The third-order valence-electron chi connectivity index (χ3n) is 4.11. The summed E-state index contributed by atoms with van der Waals surface area (Å²) in [7, 11) is 1.50. The van der Waals surface area contributed by atoms with Crippen LogP contribution in [0.1, 0.15) is 39.5 Å². The monoisotopic (exact) mass is 285 g/mol. The molecule has 1 saturated heterocycles. The van der Waals surface area contributed by atoms with Crippen molar-refractivity contribution in [3.05, 3.63) is 0 Å². The topological polar surface area (TPSA) is 84.7 Å². The van der Waals surface area contributed by atoms with Gasteiger partial charge in [-0.1, -0.05) is 13.8 Å². The normalized spacial score (nSPS) is 17.1. The van der Waals surface area contributed by atoms with Crippen LogP contribution in [0.5, 0.6) is 0 Å². The number of hydrogen-bond acceptors (Lipinski definition) is 4. The Morgan fingerprint density at radius 2 is 1.85 bits per heavy atom. The molecule has 1 heterocycles. The van der Waals surface area contributed by atoms with Crippen molar-refractivity contribution in [1.82, 2.24) is 10.2 Å². The predicted molar refractivity (Wildman–Crippen MR) is 77.1 cm³/mol. The van der Waals surface area contributed by atoms with Crippen molar-refractivity contribution in [3.8, 4) is 0 Å². The van der Waals surface area contributed by atoms with Gasteiger partial charge in [0, 0.05) is 26.2 Å². The quantitative estimate of drug-likeness (QED) is 0.733. The number of nitrogens with one attached hydrogen (secondary N) is 1. The summed E-state index contributed by atoms with van der Waals surface area (Å²) in [5.41, 5.74) is 5.40. The molecule has 1 fully saturated rings. The number of likely N-dealkylation sites (tertiary alicyclic amines) is 1. The van der Waals surface area contributed by atoms with Gasteiger partial charge in [0.05, 0.1) is 5.54 Å². The molecule has 0 aromatic rings. The van der Waals surface area contributed by atoms with Crippen LogP contribution in [0.3, 0.4) is 0 Å². The van der Waals surface area contributed by atoms with Gasteiger partial charge < -0.3 is 20.7 Å². The maximum absolute atomic E-state index is 12.4. The van der Waals surface area contributed by atoms with Crippen molar-refractivity contribution in [2.24, 2.45) is 5.73 Å². The van der Waals surface area contributed by atoms with Crippen LogP contribution in [-0.4, -0.2) is 55.1 Å². The number of hydrogen-bond donors (Lipinski definition) is 2. The smallest absolute Gasteiger partial charge is 0.246 e. The van der Waals surface area contributed by atoms with Gasteiger partial charge in [0.2, 0.25) is 11.8 Å². The van der Waals surface area contributed by atoms with Gasteiger partial charge in [-0.2, -0.15) is 0 Å². The second kappa shape index (κ2) is 7.59. The summed E-state index contributed by atoms with van der Waals surface area (Å²) in [6.07, 6.45) is 2.83. The third kappa shape index (κ3) is 4.18. The molecule has 6 nitrogen and oxygen atoms in total. The molecule has 0 aromatic heterocycles. The van der Waals surface area contributed by atoms with Gasteiger partial charge in [0.25, 0.3) is 0 Å². The van der Waals surface area contributed by atoms with Gasteiger partial charge in [0.15, 0.2) is 0 Å². The van der Waals surface area contributed by atoms with Gasteiger partial charge in [-0.3, -0.25) is 9.59 Å². The van der Waals surface area contributed by atoms with E-state index in [1.807, 2.05) is 18.7 Å². The number of carbonyl (C=O) groups is 2. The van der Waals surface area contributed by atoms with Gasteiger partial charge in [0.1, 0.15) is 6.61 Å². The maximum Gasteiger partial charge on any atom is 0.246 e. The van der Waals surface area contributed by atoms with Crippen LogP contribution in [0.15, 0.2) is 0 Å². The Bertz CT molecular complexity index is 335. The van der Waals surface area contributed by atoms with Crippen molar-refractivity contribution in [2.45, 2.75) is 51.1 Å². The molecule has 0 unspecified atom stereocenters. The van der Waals surface area contributed by atoms with Gasteiger partial charge in [-0.15, -0.1) is 0 Å². The number of nitrogens with two attached hydrogens (primary N) is 1. The number of methoxy groups -OCH3 is 1. The first kappa shape index (κ1) is 16.9. The Morgan fingerprint density at radius 1 is 1.30 bits per heavy atom. The lowest BCUT2D eigenvalue weighted by Gasteiger charge is -2.37. The number of amides is 2. The molecule has 116 valence electrons. The lowest BCUT2D eigenvalue weighted by Crippen LogP contribution is -2.57. The number of ether oxygens (including phenoxy) is 1. The van der Waals surface area contributed by atoms with Gasteiger partial charge in [-0.05, 0) is 25.7 Å². The number of carbonyl (C=O) groups excluding carboxylic acids is 2. The fraction of sp³-hybridized carbons (Fsp3) is 0.857. The summed E-state index contributed by atoms with van der Waals surface area (Å²) in [6, 6.07) is 0.122. The average Bonchev–Trinajstić information content (AvgIpc) is 2.46. The fourth-order valence-corrected chi connectivity index (χ4v) is 2.49. The second-order valence-electron chi connectivity index (χ2n) is 5.43. The largest absolute Gasteiger partial charge is 0.375 e. The molecule has 6 heteroatoms. The minimum Gasteiger partial charge on any atom is -0.375 e. The SMILES string of the molecule is CCC(N)(CC)C(=O)N1CCC(NC(=O)COC)CC1. The van der Waals surface area contributed by atoms with E-state index in [1.165, 1.54) is 7.11 Å². The number of rotatable bonds is 6. The zero-order valence-corrected chi connectivity index (χ0v) is 12.8. The molecule has 0 spiro atoms. The number of piperidine rings is 1. The second-order valence-corrected chi connectivity index (χ2v) is 5.43. The lowest BCUT2D eigenvalue weighted by atomic mass is 9.91. The minimum atomic E-state index is -0.744. The molecule has 1 rings (SSSR count). The molecule has 0 radical (unpaired) electrons. The molecule has 0 aliphatic carbocycles.